The molecule has 0 radical (unpaired) electrons. The maximum atomic E-state index is 13.7. The van der Waals surface area contributed by atoms with Crippen LogP contribution in [0.25, 0.3) is 10.6 Å². The van der Waals surface area contributed by atoms with E-state index in [0.717, 1.165) is 30.1 Å². The lowest BCUT2D eigenvalue weighted by molar-refractivity contribution is -0.156. The molecule has 2 aromatic rings. The largest absolute Gasteiger partial charge is 0.481 e. The van der Waals surface area contributed by atoms with Gasteiger partial charge in [-0.25, -0.2) is 14.4 Å². The second-order valence-electron chi connectivity index (χ2n) is 9.79. The average Bonchev–Trinajstić information content (AvgIpc) is 3.16. The molecule has 1 fully saturated rings. The standard InChI is InChI=1S/C23H30F3N3O3S/c1-5-6-23(20(30)31)8-14(22(2,3)4)11-29(13-23)12-16-10-28-19(33-16)17-7-15(24)9-27-18(17)32-21(25)26/h7,9-10,14,21H,5-6,8,11-13H2,1-4H3,(H,30,31). The Hall–Kier alpha value is -2.20. The molecule has 1 aliphatic heterocycles. The first-order chi connectivity index (χ1) is 15.4. The molecule has 3 heterocycles. The topological polar surface area (TPSA) is 75.5 Å². The molecule has 1 saturated heterocycles. The van der Waals surface area contributed by atoms with Crippen molar-refractivity contribution in [2.24, 2.45) is 16.7 Å². The molecule has 2 unspecified atom stereocenters. The van der Waals surface area contributed by atoms with E-state index in [2.05, 4.69) is 40.4 Å². The van der Waals surface area contributed by atoms with Gasteiger partial charge in [0, 0.05) is 30.7 Å². The van der Waals surface area contributed by atoms with E-state index in [4.69, 9.17) is 0 Å². The van der Waals surface area contributed by atoms with Crippen LogP contribution in [0.3, 0.4) is 0 Å². The molecule has 2 aromatic heterocycles. The summed E-state index contributed by atoms with van der Waals surface area (Å²) in [5.41, 5.74) is -0.812. The lowest BCUT2D eigenvalue weighted by atomic mass is 9.65. The maximum Gasteiger partial charge on any atom is 0.388 e. The molecule has 10 heteroatoms. The molecule has 33 heavy (non-hydrogen) atoms. The van der Waals surface area contributed by atoms with Crippen LogP contribution >= 0.6 is 11.3 Å². The van der Waals surface area contributed by atoms with Gasteiger partial charge in [-0.3, -0.25) is 9.69 Å². The molecule has 0 aliphatic carbocycles. The highest BCUT2D eigenvalue weighted by Crippen LogP contribution is 2.45. The highest BCUT2D eigenvalue weighted by molar-refractivity contribution is 7.15. The summed E-state index contributed by atoms with van der Waals surface area (Å²) >= 11 is 1.23. The molecule has 0 aromatic carbocycles. The Kier molecular flexibility index (Phi) is 7.68. The van der Waals surface area contributed by atoms with Crippen LogP contribution < -0.4 is 4.74 Å². The number of carboxylic acid groups (broad SMARTS) is 1. The van der Waals surface area contributed by atoms with Crippen molar-refractivity contribution in [2.75, 3.05) is 13.1 Å². The Bertz CT molecular complexity index is 979. The van der Waals surface area contributed by atoms with E-state index in [9.17, 15) is 23.1 Å². The molecule has 182 valence electrons. The third-order valence-corrected chi connectivity index (χ3v) is 7.25. The van der Waals surface area contributed by atoms with Gasteiger partial charge < -0.3 is 9.84 Å². The predicted molar refractivity (Wildman–Crippen MR) is 120 cm³/mol. The van der Waals surface area contributed by atoms with Gasteiger partial charge in [0.1, 0.15) is 10.8 Å². The van der Waals surface area contributed by atoms with Crippen LogP contribution in [0.4, 0.5) is 13.2 Å². The number of nitrogens with zero attached hydrogens (tertiary/aromatic N) is 3. The highest BCUT2D eigenvalue weighted by atomic mass is 32.1. The van der Waals surface area contributed by atoms with Gasteiger partial charge in [0.05, 0.1) is 17.2 Å². The first-order valence-corrected chi connectivity index (χ1v) is 11.8. The number of pyridine rings is 1. The quantitative estimate of drug-likeness (QED) is 0.518. The molecule has 0 saturated carbocycles. The molecule has 0 amide bonds. The Balaban J connectivity index is 1.87. The van der Waals surface area contributed by atoms with E-state index < -0.39 is 23.8 Å². The third-order valence-electron chi connectivity index (χ3n) is 6.23. The summed E-state index contributed by atoms with van der Waals surface area (Å²) in [5, 5.41) is 10.4. The van der Waals surface area contributed by atoms with Gasteiger partial charge in [0.25, 0.3) is 0 Å². The monoisotopic (exact) mass is 485 g/mol. The normalized spacial score (nSPS) is 22.0. The molecule has 0 spiro atoms. The number of thiazole rings is 1. The van der Waals surface area contributed by atoms with Gasteiger partial charge >= 0.3 is 12.6 Å². The fourth-order valence-electron chi connectivity index (χ4n) is 4.51. The van der Waals surface area contributed by atoms with E-state index in [1.807, 2.05) is 6.92 Å². The summed E-state index contributed by atoms with van der Waals surface area (Å²) < 4.78 is 43.6. The van der Waals surface area contributed by atoms with Crippen molar-refractivity contribution in [2.45, 2.75) is 60.1 Å². The fraction of sp³-hybridized carbons (Fsp3) is 0.609. The van der Waals surface area contributed by atoms with E-state index in [1.165, 1.54) is 11.3 Å². The van der Waals surface area contributed by atoms with E-state index in [-0.39, 0.29) is 22.8 Å². The Morgan fingerprint density at radius 1 is 1.36 bits per heavy atom. The second-order valence-corrected chi connectivity index (χ2v) is 10.9. The number of alkyl halides is 2. The molecule has 0 bridgehead atoms. The summed E-state index contributed by atoms with van der Waals surface area (Å²) in [6.07, 6.45) is 4.44. The van der Waals surface area contributed by atoms with E-state index >= 15 is 0 Å². The molecule has 2 atom stereocenters. The molecule has 1 N–H and O–H groups in total. The highest BCUT2D eigenvalue weighted by Gasteiger charge is 2.47. The fourth-order valence-corrected chi connectivity index (χ4v) is 5.47. The minimum absolute atomic E-state index is 0.0548. The van der Waals surface area contributed by atoms with Crippen molar-refractivity contribution < 1.29 is 27.8 Å². The lowest BCUT2D eigenvalue weighted by Crippen LogP contribution is -2.53. The molecule has 6 nitrogen and oxygen atoms in total. The molecule has 3 rings (SSSR count). The number of aromatic nitrogens is 2. The van der Waals surface area contributed by atoms with Crippen LogP contribution in [0.15, 0.2) is 18.5 Å². The van der Waals surface area contributed by atoms with E-state index in [0.29, 0.717) is 30.9 Å². The van der Waals surface area contributed by atoms with Crippen LogP contribution in [0, 0.1) is 22.6 Å². The Labute approximate surface area is 195 Å². The number of likely N-dealkylation sites (tertiary alicyclic amines) is 1. The van der Waals surface area contributed by atoms with Gasteiger partial charge in [0.15, 0.2) is 0 Å². The number of aliphatic carboxylic acids is 1. The number of halogens is 3. The summed E-state index contributed by atoms with van der Waals surface area (Å²) in [4.78, 5) is 23.2. The first-order valence-electron chi connectivity index (χ1n) is 10.9. The third kappa shape index (κ3) is 6.03. The van der Waals surface area contributed by atoms with Crippen molar-refractivity contribution in [1.82, 2.24) is 14.9 Å². The zero-order chi connectivity index (χ0) is 24.4. The average molecular weight is 486 g/mol. The zero-order valence-electron chi connectivity index (χ0n) is 19.3. The maximum absolute atomic E-state index is 13.7. The number of hydrogen-bond donors (Lipinski definition) is 1. The number of carboxylic acids is 1. The van der Waals surface area contributed by atoms with Crippen molar-refractivity contribution in [3.05, 3.63) is 29.2 Å². The smallest absolute Gasteiger partial charge is 0.388 e. The van der Waals surface area contributed by atoms with Crippen molar-refractivity contribution in [3.8, 4) is 16.5 Å². The van der Waals surface area contributed by atoms with Crippen LogP contribution in [0.2, 0.25) is 0 Å². The van der Waals surface area contributed by atoms with Crippen LogP contribution in [-0.2, 0) is 11.3 Å². The van der Waals surface area contributed by atoms with Gasteiger partial charge in [-0.1, -0.05) is 34.1 Å². The molecular formula is C23H30F3N3O3S. The van der Waals surface area contributed by atoms with Crippen LogP contribution in [-0.4, -0.2) is 45.6 Å². The van der Waals surface area contributed by atoms with E-state index in [1.54, 1.807) is 6.20 Å². The first kappa shape index (κ1) is 25.4. The summed E-state index contributed by atoms with van der Waals surface area (Å²) in [5.74, 6) is -1.64. The van der Waals surface area contributed by atoms with Crippen molar-refractivity contribution in [1.29, 1.82) is 0 Å². The Morgan fingerprint density at radius 2 is 2.09 bits per heavy atom. The van der Waals surface area contributed by atoms with Gasteiger partial charge in [-0.2, -0.15) is 8.78 Å². The van der Waals surface area contributed by atoms with Gasteiger partial charge in [-0.05, 0) is 30.2 Å². The Morgan fingerprint density at radius 3 is 2.70 bits per heavy atom. The number of piperidine rings is 1. The summed E-state index contributed by atoms with van der Waals surface area (Å²) in [6, 6.07) is 1.07. The molecular weight excluding hydrogens is 455 g/mol. The zero-order valence-corrected chi connectivity index (χ0v) is 20.1. The minimum atomic E-state index is -3.09. The molecule has 1 aliphatic rings. The van der Waals surface area contributed by atoms with Crippen molar-refractivity contribution in [3.63, 3.8) is 0 Å². The number of ether oxygens (including phenoxy) is 1. The lowest BCUT2D eigenvalue weighted by Gasteiger charge is -2.48. The number of carbonyl (C=O) groups is 1. The SMILES string of the molecule is CCCC1(C(=O)O)CC(C(C)(C)C)CN(Cc2cnc(-c3cc(F)cnc3OC(F)F)s2)C1. The van der Waals surface area contributed by atoms with Crippen molar-refractivity contribution >= 4 is 17.3 Å². The predicted octanol–water partition coefficient (Wildman–Crippen LogP) is 5.68. The summed E-state index contributed by atoms with van der Waals surface area (Å²) in [6.45, 7) is 6.94. The minimum Gasteiger partial charge on any atom is -0.481 e. The van der Waals surface area contributed by atoms with Gasteiger partial charge in [0.2, 0.25) is 5.88 Å². The number of hydrogen-bond acceptors (Lipinski definition) is 6. The second kappa shape index (κ2) is 9.97. The van der Waals surface area contributed by atoms with Crippen LogP contribution in [0.5, 0.6) is 5.88 Å². The number of rotatable bonds is 8. The van der Waals surface area contributed by atoms with Crippen LogP contribution in [0.1, 0.15) is 51.8 Å². The summed E-state index contributed by atoms with van der Waals surface area (Å²) in [7, 11) is 0. The van der Waals surface area contributed by atoms with Gasteiger partial charge in [-0.15, -0.1) is 11.3 Å².